The maximum absolute atomic E-state index is 13.5. The first-order chi connectivity index (χ1) is 15.3. The molecule has 1 aromatic heterocycles. The SMILES string of the molecule is COc1ccc(-c2cc(C(=O)Nc3ccc(Cl)cc3C(F)(F)F)c3ccccc3n2)cc1. The molecule has 1 heterocycles. The Morgan fingerprint density at radius 1 is 1.00 bits per heavy atom. The van der Waals surface area contributed by atoms with E-state index in [4.69, 9.17) is 16.3 Å². The van der Waals surface area contributed by atoms with Crippen LogP contribution in [0.15, 0.2) is 72.8 Å². The monoisotopic (exact) mass is 456 g/mol. The number of alkyl halides is 3. The number of carbonyl (C=O) groups is 1. The van der Waals surface area contributed by atoms with Gasteiger partial charge in [-0.15, -0.1) is 0 Å². The highest BCUT2D eigenvalue weighted by Gasteiger charge is 2.34. The molecular formula is C24H16ClF3N2O2. The van der Waals surface area contributed by atoms with E-state index in [0.29, 0.717) is 22.3 Å². The molecule has 0 saturated heterocycles. The number of pyridine rings is 1. The number of methoxy groups -OCH3 is 1. The summed E-state index contributed by atoms with van der Waals surface area (Å²) in [6, 6.07) is 18.8. The number of aromatic nitrogens is 1. The lowest BCUT2D eigenvalue weighted by molar-refractivity contribution is -0.136. The fourth-order valence-corrected chi connectivity index (χ4v) is 3.49. The van der Waals surface area contributed by atoms with Gasteiger partial charge in [-0.2, -0.15) is 13.2 Å². The van der Waals surface area contributed by atoms with Crippen LogP contribution in [0.4, 0.5) is 18.9 Å². The van der Waals surface area contributed by atoms with E-state index < -0.39 is 17.6 Å². The van der Waals surface area contributed by atoms with E-state index in [1.54, 1.807) is 61.7 Å². The Balaban J connectivity index is 1.79. The average molecular weight is 457 g/mol. The number of rotatable bonds is 4. The fraction of sp³-hybridized carbons (Fsp3) is 0.0833. The average Bonchev–Trinajstić information content (AvgIpc) is 2.78. The van der Waals surface area contributed by atoms with Gasteiger partial charge in [-0.1, -0.05) is 29.8 Å². The van der Waals surface area contributed by atoms with Crippen LogP contribution in [0, 0.1) is 0 Å². The largest absolute Gasteiger partial charge is 0.497 e. The number of carbonyl (C=O) groups excluding carboxylic acids is 1. The number of nitrogens with one attached hydrogen (secondary N) is 1. The zero-order valence-corrected chi connectivity index (χ0v) is 17.5. The molecule has 0 saturated carbocycles. The van der Waals surface area contributed by atoms with Gasteiger partial charge < -0.3 is 10.1 Å². The van der Waals surface area contributed by atoms with Crippen molar-refractivity contribution in [3.05, 3.63) is 88.9 Å². The first-order valence-corrected chi connectivity index (χ1v) is 9.86. The van der Waals surface area contributed by atoms with Crippen molar-refractivity contribution in [2.75, 3.05) is 12.4 Å². The number of hydrogen-bond acceptors (Lipinski definition) is 3. The number of benzene rings is 3. The lowest BCUT2D eigenvalue weighted by Crippen LogP contribution is -2.17. The number of para-hydroxylation sites is 1. The van der Waals surface area contributed by atoms with Crippen LogP contribution in [0.2, 0.25) is 5.02 Å². The number of amides is 1. The van der Waals surface area contributed by atoms with Crippen LogP contribution < -0.4 is 10.1 Å². The Labute approximate surface area is 186 Å². The van der Waals surface area contributed by atoms with E-state index in [-0.39, 0.29) is 16.3 Å². The summed E-state index contributed by atoms with van der Waals surface area (Å²) in [5.74, 6) is -0.0268. The van der Waals surface area contributed by atoms with Crippen LogP contribution >= 0.6 is 11.6 Å². The van der Waals surface area contributed by atoms with Gasteiger partial charge in [0.05, 0.1) is 35.1 Å². The summed E-state index contributed by atoms with van der Waals surface area (Å²) >= 11 is 5.73. The predicted octanol–water partition coefficient (Wildman–Crippen LogP) is 6.83. The first-order valence-electron chi connectivity index (χ1n) is 9.48. The molecule has 0 spiro atoms. The second kappa shape index (κ2) is 8.51. The Hall–Kier alpha value is -3.58. The fourth-order valence-electron chi connectivity index (χ4n) is 3.32. The van der Waals surface area contributed by atoms with Gasteiger partial charge in [-0.3, -0.25) is 4.79 Å². The van der Waals surface area contributed by atoms with Gasteiger partial charge in [-0.05, 0) is 54.6 Å². The van der Waals surface area contributed by atoms with Gasteiger partial charge >= 0.3 is 6.18 Å². The minimum atomic E-state index is -4.68. The third-order valence-electron chi connectivity index (χ3n) is 4.88. The lowest BCUT2D eigenvalue weighted by atomic mass is 10.0. The normalized spacial score (nSPS) is 11.4. The Morgan fingerprint density at radius 3 is 2.41 bits per heavy atom. The van der Waals surface area contributed by atoms with Crippen LogP contribution in [0.25, 0.3) is 22.2 Å². The molecule has 4 nitrogen and oxygen atoms in total. The van der Waals surface area contributed by atoms with Gasteiger partial charge in [0, 0.05) is 16.0 Å². The third-order valence-corrected chi connectivity index (χ3v) is 5.12. The van der Waals surface area contributed by atoms with Crippen molar-refractivity contribution < 1.29 is 22.7 Å². The standard InChI is InChI=1S/C24H16ClF3N2O2/c1-32-16-9-6-14(7-10-16)22-13-18(17-4-2-3-5-20(17)29-22)23(31)30-21-11-8-15(25)12-19(21)24(26,27)28/h2-13H,1H3,(H,30,31). The highest BCUT2D eigenvalue weighted by Crippen LogP contribution is 2.37. The number of hydrogen-bond donors (Lipinski definition) is 1. The van der Waals surface area contributed by atoms with Gasteiger partial charge in [0.15, 0.2) is 0 Å². The summed E-state index contributed by atoms with van der Waals surface area (Å²) in [6.07, 6.45) is -4.68. The van der Waals surface area contributed by atoms with Crippen molar-refractivity contribution in [3.8, 4) is 17.0 Å². The summed E-state index contributed by atoms with van der Waals surface area (Å²) < 4.78 is 45.5. The highest BCUT2D eigenvalue weighted by molar-refractivity contribution is 6.30. The molecule has 1 N–H and O–H groups in total. The molecule has 32 heavy (non-hydrogen) atoms. The van der Waals surface area contributed by atoms with Crippen molar-refractivity contribution in [2.45, 2.75) is 6.18 Å². The van der Waals surface area contributed by atoms with Crippen molar-refractivity contribution in [2.24, 2.45) is 0 Å². The predicted molar refractivity (Wildman–Crippen MR) is 118 cm³/mol. The van der Waals surface area contributed by atoms with E-state index in [1.807, 2.05) is 0 Å². The van der Waals surface area contributed by atoms with Gasteiger partial charge in [0.25, 0.3) is 5.91 Å². The summed E-state index contributed by atoms with van der Waals surface area (Å²) in [7, 11) is 1.55. The second-order valence-electron chi connectivity index (χ2n) is 6.94. The topological polar surface area (TPSA) is 51.2 Å². The number of halogens is 4. The van der Waals surface area contributed by atoms with Crippen LogP contribution in [-0.4, -0.2) is 18.0 Å². The van der Waals surface area contributed by atoms with E-state index >= 15 is 0 Å². The zero-order chi connectivity index (χ0) is 22.9. The summed E-state index contributed by atoms with van der Waals surface area (Å²) in [4.78, 5) is 17.7. The second-order valence-corrected chi connectivity index (χ2v) is 7.38. The third kappa shape index (κ3) is 4.38. The molecule has 8 heteroatoms. The minimum Gasteiger partial charge on any atom is -0.497 e. The number of ether oxygens (including phenoxy) is 1. The summed E-state index contributed by atoms with van der Waals surface area (Å²) in [6.45, 7) is 0. The summed E-state index contributed by atoms with van der Waals surface area (Å²) in [5, 5.41) is 2.83. The minimum absolute atomic E-state index is 0.0773. The molecule has 0 unspecified atom stereocenters. The number of nitrogens with zero attached hydrogens (tertiary/aromatic N) is 1. The van der Waals surface area contributed by atoms with Gasteiger partial charge in [0.2, 0.25) is 0 Å². The van der Waals surface area contributed by atoms with Gasteiger partial charge in [-0.25, -0.2) is 4.98 Å². The molecule has 0 aliphatic rings. The van der Waals surface area contributed by atoms with Crippen molar-refractivity contribution >= 4 is 34.1 Å². The Morgan fingerprint density at radius 2 is 1.72 bits per heavy atom. The Kier molecular flexibility index (Phi) is 5.76. The van der Waals surface area contributed by atoms with Crippen molar-refractivity contribution in [1.82, 2.24) is 4.98 Å². The highest BCUT2D eigenvalue weighted by atomic mass is 35.5. The molecule has 0 radical (unpaired) electrons. The molecule has 3 aromatic carbocycles. The Bertz CT molecular complexity index is 1310. The molecule has 0 bridgehead atoms. The molecule has 0 atom stereocenters. The molecule has 4 rings (SSSR count). The molecule has 0 fully saturated rings. The summed E-state index contributed by atoms with van der Waals surface area (Å²) in [5.41, 5.74) is 0.574. The van der Waals surface area contributed by atoms with Crippen LogP contribution in [-0.2, 0) is 6.18 Å². The molecule has 1 amide bonds. The molecule has 0 aliphatic carbocycles. The van der Waals surface area contributed by atoms with Crippen LogP contribution in [0.1, 0.15) is 15.9 Å². The van der Waals surface area contributed by atoms with E-state index in [0.717, 1.165) is 17.7 Å². The van der Waals surface area contributed by atoms with Gasteiger partial charge in [0.1, 0.15) is 5.75 Å². The molecule has 4 aromatic rings. The quantitative estimate of drug-likeness (QED) is 0.366. The zero-order valence-electron chi connectivity index (χ0n) is 16.7. The van der Waals surface area contributed by atoms with Crippen LogP contribution in [0.3, 0.4) is 0 Å². The maximum Gasteiger partial charge on any atom is 0.418 e. The number of fused-ring (bicyclic) bond motifs is 1. The van der Waals surface area contributed by atoms with E-state index in [1.165, 1.54) is 6.07 Å². The lowest BCUT2D eigenvalue weighted by Gasteiger charge is -2.15. The van der Waals surface area contributed by atoms with Crippen molar-refractivity contribution in [3.63, 3.8) is 0 Å². The molecule has 0 aliphatic heterocycles. The first kappa shape index (κ1) is 21.6. The smallest absolute Gasteiger partial charge is 0.418 e. The van der Waals surface area contributed by atoms with E-state index in [9.17, 15) is 18.0 Å². The molecule has 162 valence electrons. The van der Waals surface area contributed by atoms with E-state index in [2.05, 4.69) is 10.3 Å². The van der Waals surface area contributed by atoms with Crippen molar-refractivity contribution in [1.29, 1.82) is 0 Å². The van der Waals surface area contributed by atoms with Crippen LogP contribution in [0.5, 0.6) is 5.75 Å². The molecular weight excluding hydrogens is 441 g/mol. The number of anilines is 1. The maximum atomic E-state index is 13.5.